The van der Waals surface area contributed by atoms with Gasteiger partial charge in [0.05, 0.1) is 19.3 Å². The van der Waals surface area contributed by atoms with Gasteiger partial charge in [-0.05, 0) is 50.6 Å². The molecule has 11 heteroatoms. The number of ether oxygens (including phenoxy) is 1. The van der Waals surface area contributed by atoms with Gasteiger partial charge in [0, 0.05) is 25.3 Å². The minimum atomic E-state index is -4.80. The molecule has 1 aromatic heterocycles. The number of benzene rings is 1. The zero-order valence-corrected chi connectivity index (χ0v) is 19.8. The molecular weight excluding hydrogens is 469 g/mol. The second-order valence-electron chi connectivity index (χ2n) is 8.64. The second kappa shape index (κ2) is 10.6. The Bertz CT molecular complexity index is 988. The number of β-amino-alcohol motifs (C(OH)–C–C–N with tert-alkyl or cyclic N) is 1. The fourth-order valence-corrected chi connectivity index (χ4v) is 5.24. The number of amides is 1. The monoisotopic (exact) mass is 498 g/mol. The van der Waals surface area contributed by atoms with Crippen molar-refractivity contribution >= 4 is 22.9 Å². The quantitative estimate of drug-likeness (QED) is 0.607. The molecule has 1 amide bonds. The van der Waals surface area contributed by atoms with Gasteiger partial charge >= 0.3 is 6.18 Å². The Morgan fingerprint density at radius 2 is 1.94 bits per heavy atom. The van der Waals surface area contributed by atoms with Crippen LogP contribution in [-0.2, 0) is 10.9 Å². The first kappa shape index (κ1) is 24.9. The van der Waals surface area contributed by atoms with E-state index in [1.165, 1.54) is 0 Å². The van der Waals surface area contributed by atoms with Gasteiger partial charge in [0.15, 0.2) is 5.69 Å². The molecule has 2 N–H and O–H groups in total. The largest absolute Gasteiger partial charge is 0.435 e. The lowest BCUT2D eigenvalue weighted by molar-refractivity contribution is -0.141. The number of anilines is 1. The van der Waals surface area contributed by atoms with Crippen molar-refractivity contribution in [3.05, 3.63) is 45.4 Å². The molecular formula is C23H29F3N4O3S. The van der Waals surface area contributed by atoms with Gasteiger partial charge in [0.25, 0.3) is 5.91 Å². The molecule has 186 valence electrons. The van der Waals surface area contributed by atoms with Crippen LogP contribution in [0.25, 0.3) is 0 Å². The number of nitrogens with one attached hydrogen (secondary N) is 1. The summed E-state index contributed by atoms with van der Waals surface area (Å²) in [6, 6.07) is 7.07. The van der Waals surface area contributed by atoms with Crippen LogP contribution < -0.4 is 10.2 Å². The summed E-state index contributed by atoms with van der Waals surface area (Å²) in [6.45, 7) is 6.30. The second-order valence-corrected chi connectivity index (χ2v) is 9.67. The van der Waals surface area contributed by atoms with Crippen molar-refractivity contribution in [2.45, 2.75) is 38.1 Å². The van der Waals surface area contributed by atoms with Crippen LogP contribution in [0.15, 0.2) is 24.3 Å². The number of aliphatic hydroxyl groups excluding tert-OH is 1. The highest BCUT2D eigenvalue weighted by Crippen LogP contribution is 2.36. The number of hydrogen-bond acceptors (Lipinski definition) is 7. The van der Waals surface area contributed by atoms with E-state index in [2.05, 4.69) is 15.2 Å². The predicted octanol–water partition coefficient (Wildman–Crippen LogP) is 3.62. The van der Waals surface area contributed by atoms with E-state index >= 15 is 0 Å². The Labute approximate surface area is 200 Å². The van der Waals surface area contributed by atoms with Crippen LogP contribution in [0.1, 0.15) is 57.8 Å². The van der Waals surface area contributed by atoms with Crippen LogP contribution in [0.5, 0.6) is 0 Å². The van der Waals surface area contributed by atoms with Crippen LogP contribution >= 0.6 is 11.3 Å². The zero-order valence-electron chi connectivity index (χ0n) is 19.0. The Kier molecular flexibility index (Phi) is 7.76. The minimum absolute atomic E-state index is 0.0913. The summed E-state index contributed by atoms with van der Waals surface area (Å²) in [5.74, 6) is -0.853. The number of carbonyl (C=O) groups excluding carboxylic acids is 1. The summed E-state index contributed by atoms with van der Waals surface area (Å²) in [7, 11) is 0. The molecule has 2 fully saturated rings. The molecule has 34 heavy (non-hydrogen) atoms. The molecule has 1 unspecified atom stereocenters. The van der Waals surface area contributed by atoms with Crippen molar-refractivity contribution in [1.29, 1.82) is 0 Å². The van der Waals surface area contributed by atoms with E-state index in [-0.39, 0.29) is 11.6 Å². The molecule has 2 aliphatic rings. The number of halogens is 3. The van der Waals surface area contributed by atoms with Crippen LogP contribution in [0.2, 0.25) is 0 Å². The van der Waals surface area contributed by atoms with E-state index in [0.29, 0.717) is 24.6 Å². The molecule has 0 spiro atoms. The molecule has 2 aliphatic heterocycles. The molecule has 2 aromatic rings. The lowest BCUT2D eigenvalue weighted by atomic mass is 10.1. The summed E-state index contributed by atoms with van der Waals surface area (Å²) in [6.07, 6.45) is -3.98. The van der Waals surface area contributed by atoms with Gasteiger partial charge in [0.1, 0.15) is 16.0 Å². The normalized spacial score (nSPS) is 19.3. The van der Waals surface area contributed by atoms with E-state index in [4.69, 9.17) is 4.74 Å². The number of alkyl halides is 3. The Morgan fingerprint density at radius 3 is 2.62 bits per heavy atom. The van der Waals surface area contributed by atoms with E-state index in [1.807, 2.05) is 29.2 Å². The maximum Gasteiger partial charge on any atom is 0.435 e. The zero-order chi connectivity index (χ0) is 24.3. The molecule has 3 heterocycles. The first-order valence-corrected chi connectivity index (χ1v) is 12.3. The topological polar surface area (TPSA) is 77.9 Å². The molecule has 2 atom stereocenters. The molecule has 1 aromatic carbocycles. The molecule has 0 saturated carbocycles. The van der Waals surface area contributed by atoms with Gasteiger partial charge in [-0.1, -0.05) is 12.1 Å². The average Bonchev–Trinajstić information content (AvgIpc) is 3.50. The molecule has 4 rings (SSSR count). The first-order chi connectivity index (χ1) is 16.2. The van der Waals surface area contributed by atoms with Crippen LogP contribution in [-0.4, -0.2) is 66.8 Å². The van der Waals surface area contributed by atoms with Gasteiger partial charge in [-0.2, -0.15) is 13.2 Å². The lowest BCUT2D eigenvalue weighted by Crippen LogP contribution is -2.36. The number of hydrogen-bond donors (Lipinski definition) is 2. The van der Waals surface area contributed by atoms with Crippen molar-refractivity contribution in [3.63, 3.8) is 0 Å². The maximum atomic E-state index is 13.7. The fourth-order valence-electron chi connectivity index (χ4n) is 4.27. The predicted molar refractivity (Wildman–Crippen MR) is 123 cm³/mol. The highest BCUT2D eigenvalue weighted by Gasteiger charge is 2.40. The first-order valence-electron chi connectivity index (χ1n) is 11.4. The van der Waals surface area contributed by atoms with Crippen molar-refractivity contribution in [2.75, 3.05) is 50.8 Å². The Balaban J connectivity index is 1.49. The van der Waals surface area contributed by atoms with Gasteiger partial charge in [-0.15, -0.1) is 11.3 Å². The summed E-state index contributed by atoms with van der Waals surface area (Å²) in [5.41, 5.74) is 0.507. The molecule has 0 radical (unpaired) electrons. The van der Waals surface area contributed by atoms with Gasteiger partial charge in [-0.25, -0.2) is 4.98 Å². The third-order valence-electron chi connectivity index (χ3n) is 6.13. The fraction of sp³-hybridized carbons (Fsp3) is 0.565. The van der Waals surface area contributed by atoms with Crippen LogP contribution in [0.3, 0.4) is 0 Å². The van der Waals surface area contributed by atoms with Crippen molar-refractivity contribution in [3.8, 4) is 0 Å². The molecule has 7 nitrogen and oxygen atoms in total. The van der Waals surface area contributed by atoms with Crippen molar-refractivity contribution in [2.24, 2.45) is 0 Å². The number of rotatable bonds is 7. The number of nitrogens with zero attached hydrogens (tertiary/aromatic N) is 3. The third-order valence-corrected chi connectivity index (χ3v) is 7.28. The maximum absolute atomic E-state index is 13.7. The molecule has 2 saturated heterocycles. The smallest absolute Gasteiger partial charge is 0.385 e. The van der Waals surface area contributed by atoms with Crippen LogP contribution in [0, 0.1) is 0 Å². The van der Waals surface area contributed by atoms with E-state index in [1.54, 1.807) is 6.92 Å². The number of thiazole rings is 1. The molecule has 0 aliphatic carbocycles. The number of aromatic nitrogens is 1. The van der Waals surface area contributed by atoms with Gasteiger partial charge in [0.2, 0.25) is 0 Å². The van der Waals surface area contributed by atoms with E-state index in [9.17, 15) is 23.1 Å². The standard InChI is InChI=1S/C23H29F3N4O3S/c1-15(16-5-4-6-17(13-16)30-9-11-33-12-10-30)27-21(32)19-20(23(24,25)26)28-22(34-19)18(31)14-29-7-2-3-8-29/h4-6,13,15,18,31H,2-3,7-12,14H2,1H3,(H,27,32)/t15-,18?/m0/s1. The van der Waals surface area contributed by atoms with Crippen molar-refractivity contribution in [1.82, 2.24) is 15.2 Å². The number of carbonyl (C=O) groups is 1. The number of likely N-dealkylation sites (tertiary alicyclic amines) is 1. The Morgan fingerprint density at radius 1 is 1.24 bits per heavy atom. The molecule has 0 bridgehead atoms. The van der Waals surface area contributed by atoms with Crippen LogP contribution in [0.4, 0.5) is 18.9 Å². The lowest BCUT2D eigenvalue weighted by Gasteiger charge is -2.29. The summed E-state index contributed by atoms with van der Waals surface area (Å²) < 4.78 is 46.4. The van der Waals surface area contributed by atoms with Gasteiger partial charge in [-0.3, -0.25) is 4.79 Å². The van der Waals surface area contributed by atoms with E-state index < -0.39 is 34.8 Å². The summed E-state index contributed by atoms with van der Waals surface area (Å²) in [5, 5.41) is 13.1. The average molecular weight is 499 g/mol. The van der Waals surface area contributed by atoms with E-state index in [0.717, 1.165) is 50.3 Å². The summed E-state index contributed by atoms with van der Waals surface area (Å²) >= 11 is 0.607. The highest BCUT2D eigenvalue weighted by molar-refractivity contribution is 7.13. The summed E-state index contributed by atoms with van der Waals surface area (Å²) in [4.78, 5) is 20.2. The minimum Gasteiger partial charge on any atom is -0.385 e. The van der Waals surface area contributed by atoms with Gasteiger partial charge < -0.3 is 25.0 Å². The highest BCUT2D eigenvalue weighted by atomic mass is 32.1. The Hall–Kier alpha value is -2.21. The SMILES string of the molecule is C[C@H](NC(=O)c1sc(C(O)CN2CCCC2)nc1C(F)(F)F)c1cccc(N2CCOCC2)c1. The van der Waals surface area contributed by atoms with Crippen molar-refractivity contribution < 1.29 is 27.8 Å². The number of aliphatic hydroxyl groups is 1. The third kappa shape index (κ3) is 5.88. The number of morpholine rings is 1.